The molecule has 0 unspecified atom stereocenters. The molecule has 0 atom stereocenters. The van der Waals surface area contributed by atoms with E-state index in [9.17, 15) is 15.3 Å². The molecule has 1 aliphatic carbocycles. The smallest absolute Gasteiger partial charge is 0.122 e. The van der Waals surface area contributed by atoms with Crippen LogP contribution in [0.4, 0.5) is 0 Å². The van der Waals surface area contributed by atoms with Crippen LogP contribution in [0.3, 0.4) is 0 Å². The molecule has 7 rings (SSSR count). The van der Waals surface area contributed by atoms with E-state index in [0.29, 0.717) is 40.8 Å². The van der Waals surface area contributed by atoms with Crippen molar-refractivity contribution in [1.82, 2.24) is 0 Å². The third-order valence-electron chi connectivity index (χ3n) is 9.19. The summed E-state index contributed by atoms with van der Waals surface area (Å²) < 4.78 is 5.85. The molecule has 0 fully saturated rings. The van der Waals surface area contributed by atoms with Gasteiger partial charge in [0, 0.05) is 58.4 Å². The van der Waals surface area contributed by atoms with Gasteiger partial charge in [-0.2, -0.15) is 7.11 Å². The maximum atomic E-state index is 14.1. The summed E-state index contributed by atoms with van der Waals surface area (Å²) in [5, 5.41) is 37.6. The Labute approximate surface area is 349 Å². The van der Waals surface area contributed by atoms with Crippen LogP contribution in [0.1, 0.15) is 98.2 Å². The van der Waals surface area contributed by atoms with Gasteiger partial charge in [0.1, 0.15) is 11.5 Å². The van der Waals surface area contributed by atoms with E-state index in [4.69, 9.17) is 4.74 Å². The van der Waals surface area contributed by atoms with Crippen LogP contribution in [0.5, 0.6) is 23.0 Å². The molecule has 5 heteroatoms. The molecule has 1 aliphatic rings. The van der Waals surface area contributed by atoms with E-state index in [1.165, 1.54) is 0 Å². The van der Waals surface area contributed by atoms with Crippen LogP contribution in [0, 0.1) is 21.0 Å². The minimum atomic E-state index is -0.0767. The van der Waals surface area contributed by atoms with Crippen molar-refractivity contribution in [3.8, 4) is 45.3 Å². The van der Waals surface area contributed by atoms with Gasteiger partial charge in [-0.3, -0.25) is 0 Å². The summed E-state index contributed by atoms with van der Waals surface area (Å²) >= 11 is 0. The van der Waals surface area contributed by atoms with Gasteiger partial charge < -0.3 is 20.1 Å². The number of aryl methyl sites for hydroxylation is 2. The molecule has 2 N–H and O–H groups in total. The Morgan fingerprint density at radius 1 is 0.481 bits per heavy atom. The molecule has 0 saturated heterocycles. The molecule has 0 aliphatic heterocycles. The summed E-state index contributed by atoms with van der Waals surface area (Å²) in [4.78, 5) is 0. The molecular formula is C49H56O4Y-2. The summed E-state index contributed by atoms with van der Waals surface area (Å²) in [5.41, 5.74) is 11.8. The fourth-order valence-corrected chi connectivity index (χ4v) is 7.04. The molecule has 6 aromatic rings. The third kappa shape index (κ3) is 10.0. The van der Waals surface area contributed by atoms with Gasteiger partial charge in [0.2, 0.25) is 0 Å². The molecule has 0 spiro atoms. The molecule has 0 aromatic heterocycles. The standard InChI is InChI=1S/C43H37O4.2C2H6.2CH4.Y/c1-26-14-32-22-36-18-30(28-10-6-4-7-11-28)19-37(42(36)46)23-33-15-27(2)17-35(41(33)45)25-39-21-31(29-12-8-5-9-13-29)20-38(43(39)47-3)24-34(16-26)40(32)44;2*1-2;;;/h4-21,44-46H,3,22-25H2,1-2H3;2*1-2H3;2*1H4;/q-1;;;;;/p-1. The number of ether oxygens (including phenoxy) is 1. The first-order chi connectivity index (χ1) is 24.8. The first-order valence-electron chi connectivity index (χ1n) is 17.9. The van der Waals surface area contributed by atoms with Gasteiger partial charge in [-0.15, -0.1) is 5.75 Å². The van der Waals surface area contributed by atoms with Crippen molar-refractivity contribution in [3.63, 3.8) is 0 Å². The van der Waals surface area contributed by atoms with Crippen molar-refractivity contribution < 1.29 is 52.8 Å². The van der Waals surface area contributed by atoms with Crippen LogP contribution in [0.2, 0.25) is 0 Å². The van der Waals surface area contributed by atoms with E-state index >= 15 is 0 Å². The minimum Gasteiger partial charge on any atom is -0.872 e. The number of fused-ring (bicyclic) bond motifs is 8. The Balaban J connectivity index is 0.00000140. The largest absolute Gasteiger partial charge is 0.872 e. The Hall–Kier alpha value is -4.38. The molecule has 1 radical (unpaired) electrons. The number of rotatable bonds is 3. The van der Waals surface area contributed by atoms with Crippen molar-refractivity contribution in [2.75, 3.05) is 0 Å². The monoisotopic (exact) mass is 797 g/mol. The summed E-state index contributed by atoms with van der Waals surface area (Å²) in [5.74, 6) is 0.899. The van der Waals surface area contributed by atoms with Crippen LogP contribution >= 0.6 is 0 Å². The number of benzene rings is 6. The van der Waals surface area contributed by atoms with Gasteiger partial charge >= 0.3 is 0 Å². The van der Waals surface area contributed by atoms with E-state index in [0.717, 1.165) is 55.6 Å². The molecule has 0 heterocycles. The summed E-state index contributed by atoms with van der Waals surface area (Å²) in [7, 11) is 3.83. The predicted molar refractivity (Wildman–Crippen MR) is 222 cm³/mol. The fraction of sp³-hybridized carbons (Fsp3) is 0.245. The van der Waals surface area contributed by atoms with Crippen molar-refractivity contribution in [2.24, 2.45) is 0 Å². The van der Waals surface area contributed by atoms with Crippen molar-refractivity contribution in [2.45, 2.75) is 82.1 Å². The number of hydrogen-bond donors (Lipinski definition) is 2. The van der Waals surface area contributed by atoms with Gasteiger partial charge in [0.05, 0.1) is 5.75 Å². The van der Waals surface area contributed by atoms with E-state index in [-0.39, 0.29) is 77.7 Å². The molecule has 0 saturated carbocycles. The Morgan fingerprint density at radius 3 is 1.09 bits per heavy atom. The zero-order valence-corrected chi connectivity index (χ0v) is 34.1. The summed E-state index contributed by atoms with van der Waals surface area (Å²) in [6.07, 6.45) is 1.32. The Bertz CT molecular complexity index is 2020. The second-order valence-electron chi connectivity index (χ2n) is 12.7. The molecule has 54 heavy (non-hydrogen) atoms. The maximum absolute atomic E-state index is 14.1. The summed E-state index contributed by atoms with van der Waals surface area (Å²) in [6.45, 7) is 12.0. The first kappa shape index (κ1) is 45.8. The first-order valence-corrected chi connectivity index (χ1v) is 17.9. The van der Waals surface area contributed by atoms with Crippen molar-refractivity contribution in [3.05, 3.63) is 172 Å². The third-order valence-corrected chi connectivity index (χ3v) is 9.19. The Kier molecular flexibility index (Phi) is 17.7. The maximum Gasteiger partial charge on any atom is 0.122 e. The molecular weight excluding hydrogens is 741 g/mol. The van der Waals surface area contributed by atoms with E-state index < -0.39 is 0 Å². The average molecular weight is 798 g/mol. The van der Waals surface area contributed by atoms with Gasteiger partial charge in [-0.25, -0.2) is 0 Å². The van der Waals surface area contributed by atoms with Crippen LogP contribution < -0.4 is 9.84 Å². The van der Waals surface area contributed by atoms with E-state index in [1.54, 1.807) is 0 Å². The number of hydrogen-bond acceptors (Lipinski definition) is 4. The molecule has 4 nitrogen and oxygen atoms in total. The molecule has 6 aromatic carbocycles. The topological polar surface area (TPSA) is 72.8 Å². The summed E-state index contributed by atoms with van der Waals surface area (Å²) in [6, 6.07) is 36.1. The number of aromatic hydroxyl groups is 2. The van der Waals surface area contributed by atoms with Crippen molar-refractivity contribution in [1.29, 1.82) is 0 Å². The van der Waals surface area contributed by atoms with Crippen LogP contribution in [-0.4, -0.2) is 10.2 Å². The van der Waals surface area contributed by atoms with Crippen LogP contribution in [0.25, 0.3) is 22.3 Å². The second kappa shape index (κ2) is 20.9. The molecule has 0 amide bonds. The van der Waals surface area contributed by atoms with Crippen molar-refractivity contribution >= 4 is 0 Å². The average Bonchev–Trinajstić information content (AvgIpc) is 3.15. The van der Waals surface area contributed by atoms with Gasteiger partial charge in [-0.1, -0.05) is 162 Å². The van der Waals surface area contributed by atoms with Crippen LogP contribution in [0.15, 0.2) is 109 Å². The normalized spacial score (nSPS) is 11.1. The van der Waals surface area contributed by atoms with E-state index in [2.05, 4.69) is 31.4 Å². The second-order valence-corrected chi connectivity index (χ2v) is 12.7. The number of phenols is 2. The van der Waals surface area contributed by atoms with Crippen LogP contribution in [-0.2, 0) is 58.4 Å². The minimum absolute atomic E-state index is 0. The fourth-order valence-electron chi connectivity index (χ4n) is 7.04. The van der Waals surface area contributed by atoms with Gasteiger partial charge in [0.15, 0.2) is 0 Å². The zero-order chi connectivity index (χ0) is 36.7. The zero-order valence-electron chi connectivity index (χ0n) is 31.2. The Morgan fingerprint density at radius 2 is 0.778 bits per heavy atom. The van der Waals surface area contributed by atoms with Gasteiger partial charge in [0.25, 0.3) is 0 Å². The van der Waals surface area contributed by atoms with Gasteiger partial charge in [-0.05, 0) is 81.6 Å². The quantitative estimate of drug-likeness (QED) is 0.175. The molecule has 8 bridgehead atoms. The van der Waals surface area contributed by atoms with E-state index in [1.807, 2.05) is 126 Å². The number of phenolic OH excluding ortho intramolecular Hbond substituents is 2. The predicted octanol–water partition coefficient (Wildman–Crippen LogP) is 12.3. The SMILES string of the molecule is C.C.CC.CC.[CH2-]Oc1c2cc(-c3ccccc3)cc1Cc1cc(C)cc(c1O)Cc1cc(-c3ccccc3)cc(c1[O-])Cc1cc(C)cc(c1O)C2.[Y]. The molecule has 281 valence electrons.